The van der Waals surface area contributed by atoms with E-state index in [1.807, 2.05) is 0 Å². The molecule has 1 aliphatic heterocycles. The van der Waals surface area contributed by atoms with Crippen LogP contribution in [0.3, 0.4) is 0 Å². The summed E-state index contributed by atoms with van der Waals surface area (Å²) in [7, 11) is -3.73. The second-order valence-electron chi connectivity index (χ2n) is 4.44. The molecule has 1 fully saturated rings. The molecular weight excluding hydrogens is 272 g/mol. The molecule has 1 aliphatic rings. The first-order chi connectivity index (χ1) is 8.99. The molecule has 0 aromatic rings. The van der Waals surface area contributed by atoms with Crippen LogP contribution in [0.1, 0.15) is 19.8 Å². The average molecular weight is 294 g/mol. The van der Waals surface area contributed by atoms with Gasteiger partial charge in [-0.05, 0) is 26.3 Å². The monoisotopic (exact) mass is 294 g/mol. The molecule has 8 heteroatoms. The highest BCUT2D eigenvalue weighted by atomic mass is 32.2. The number of hydrogen-bond acceptors (Lipinski definition) is 6. The molecule has 7 nitrogen and oxygen atoms in total. The van der Waals surface area contributed by atoms with Crippen LogP contribution >= 0.6 is 0 Å². The maximum atomic E-state index is 12.1. The number of nitrogens with zero attached hydrogens (tertiary/aromatic N) is 1. The number of rotatable bonds is 8. The van der Waals surface area contributed by atoms with E-state index in [0.717, 1.165) is 23.7 Å². The third-order valence-corrected chi connectivity index (χ3v) is 4.65. The summed E-state index contributed by atoms with van der Waals surface area (Å²) < 4.78 is 30.0. The number of esters is 1. The van der Waals surface area contributed by atoms with Gasteiger partial charge in [-0.2, -0.15) is 4.31 Å². The van der Waals surface area contributed by atoms with Gasteiger partial charge in [-0.3, -0.25) is 4.79 Å². The van der Waals surface area contributed by atoms with Crippen molar-refractivity contribution in [3.8, 4) is 0 Å². The number of carbonyl (C=O) groups is 1. The van der Waals surface area contributed by atoms with E-state index in [1.54, 1.807) is 6.92 Å². The van der Waals surface area contributed by atoms with Crippen molar-refractivity contribution in [2.75, 3.05) is 38.6 Å². The number of sulfonamides is 1. The number of ether oxygens (including phenoxy) is 1. The van der Waals surface area contributed by atoms with Crippen LogP contribution < -0.4 is 5.32 Å². The molecule has 0 radical (unpaired) electrons. The minimum absolute atomic E-state index is 0.0000810. The van der Waals surface area contributed by atoms with Crippen LogP contribution in [0.4, 0.5) is 0 Å². The van der Waals surface area contributed by atoms with Gasteiger partial charge in [0.25, 0.3) is 0 Å². The molecule has 0 spiro atoms. The van der Waals surface area contributed by atoms with Crippen molar-refractivity contribution in [2.45, 2.75) is 25.8 Å². The van der Waals surface area contributed by atoms with E-state index in [1.165, 1.54) is 0 Å². The normalized spacial score (nSPS) is 19.8. The standard InChI is InChI=1S/C11H22N2O5S/c1-2-18-11(15)9-19(16,17)13(6-7-14)8-10-4-3-5-12-10/h10,12,14H,2-9H2,1H3. The van der Waals surface area contributed by atoms with E-state index in [0.29, 0.717) is 0 Å². The second-order valence-corrected chi connectivity index (χ2v) is 6.41. The van der Waals surface area contributed by atoms with E-state index >= 15 is 0 Å². The molecule has 1 atom stereocenters. The molecule has 0 aromatic heterocycles. The molecule has 1 rings (SSSR count). The Labute approximate surface area is 114 Å². The van der Waals surface area contributed by atoms with Gasteiger partial charge in [0.2, 0.25) is 10.0 Å². The zero-order chi connectivity index (χ0) is 14.3. The molecule has 1 unspecified atom stereocenters. The van der Waals surface area contributed by atoms with Crippen LogP contribution in [0.15, 0.2) is 0 Å². The Morgan fingerprint density at radius 2 is 2.26 bits per heavy atom. The molecule has 0 amide bonds. The topological polar surface area (TPSA) is 95.9 Å². The molecule has 2 N–H and O–H groups in total. The molecule has 0 saturated carbocycles. The fourth-order valence-electron chi connectivity index (χ4n) is 2.06. The van der Waals surface area contributed by atoms with Gasteiger partial charge >= 0.3 is 5.97 Å². The quantitative estimate of drug-likeness (QED) is 0.553. The van der Waals surface area contributed by atoms with E-state index < -0.39 is 21.7 Å². The van der Waals surface area contributed by atoms with Crippen molar-refractivity contribution >= 4 is 16.0 Å². The highest BCUT2D eigenvalue weighted by Gasteiger charge is 2.28. The fourth-order valence-corrected chi connectivity index (χ4v) is 3.39. The Hall–Kier alpha value is -0.700. The molecule has 1 saturated heterocycles. The number of carbonyl (C=O) groups excluding carboxylic acids is 1. The smallest absolute Gasteiger partial charge is 0.322 e. The first-order valence-electron chi connectivity index (χ1n) is 6.47. The summed E-state index contributed by atoms with van der Waals surface area (Å²) in [5.74, 6) is -1.43. The van der Waals surface area contributed by atoms with Gasteiger partial charge in [0.1, 0.15) is 0 Å². The van der Waals surface area contributed by atoms with Crippen LogP contribution in [0.2, 0.25) is 0 Å². The largest absolute Gasteiger partial charge is 0.465 e. The van der Waals surface area contributed by atoms with Gasteiger partial charge in [-0.1, -0.05) is 0 Å². The van der Waals surface area contributed by atoms with Gasteiger partial charge in [-0.15, -0.1) is 0 Å². The van der Waals surface area contributed by atoms with E-state index in [4.69, 9.17) is 5.11 Å². The van der Waals surface area contributed by atoms with Gasteiger partial charge < -0.3 is 15.2 Å². The maximum absolute atomic E-state index is 12.1. The average Bonchev–Trinajstić information content (AvgIpc) is 2.81. The van der Waals surface area contributed by atoms with E-state index in [9.17, 15) is 13.2 Å². The molecule has 1 heterocycles. The lowest BCUT2D eigenvalue weighted by Gasteiger charge is -2.24. The minimum Gasteiger partial charge on any atom is -0.465 e. The summed E-state index contributed by atoms with van der Waals surface area (Å²) in [6.45, 7) is 2.66. The Morgan fingerprint density at radius 1 is 1.53 bits per heavy atom. The van der Waals surface area contributed by atoms with Crippen molar-refractivity contribution < 1.29 is 23.1 Å². The Kier molecular flexibility index (Phi) is 6.70. The number of nitrogens with one attached hydrogen (secondary N) is 1. The summed E-state index contributed by atoms with van der Waals surface area (Å²) >= 11 is 0. The Bertz CT molecular complexity index is 379. The predicted molar refractivity (Wildman–Crippen MR) is 70.1 cm³/mol. The first-order valence-corrected chi connectivity index (χ1v) is 8.08. The summed E-state index contributed by atoms with van der Waals surface area (Å²) in [5, 5.41) is 12.2. The third-order valence-electron chi connectivity index (χ3n) is 2.93. The molecule has 0 aromatic carbocycles. The predicted octanol–water partition coefficient (Wildman–Crippen LogP) is -1.07. The van der Waals surface area contributed by atoms with Crippen LogP contribution in [0, 0.1) is 0 Å². The van der Waals surface area contributed by atoms with Crippen molar-refractivity contribution in [2.24, 2.45) is 0 Å². The maximum Gasteiger partial charge on any atom is 0.322 e. The van der Waals surface area contributed by atoms with E-state index in [-0.39, 0.29) is 32.3 Å². The van der Waals surface area contributed by atoms with Crippen LogP contribution in [-0.2, 0) is 19.6 Å². The minimum atomic E-state index is -3.73. The summed E-state index contributed by atoms with van der Waals surface area (Å²) in [6.07, 6.45) is 1.91. The molecule has 0 bridgehead atoms. The number of hydrogen-bond donors (Lipinski definition) is 2. The van der Waals surface area contributed by atoms with Crippen molar-refractivity contribution in [3.05, 3.63) is 0 Å². The molecular formula is C11H22N2O5S. The molecule has 19 heavy (non-hydrogen) atoms. The first kappa shape index (κ1) is 16.4. The van der Waals surface area contributed by atoms with Gasteiger partial charge in [0.15, 0.2) is 5.75 Å². The molecule has 0 aliphatic carbocycles. The summed E-state index contributed by atoms with van der Waals surface area (Å²) in [6, 6.07) is 0.0866. The van der Waals surface area contributed by atoms with Gasteiger partial charge in [-0.25, -0.2) is 8.42 Å². The van der Waals surface area contributed by atoms with Gasteiger partial charge in [0.05, 0.1) is 13.2 Å². The van der Waals surface area contributed by atoms with Crippen molar-refractivity contribution in [1.29, 1.82) is 0 Å². The highest BCUT2D eigenvalue weighted by molar-refractivity contribution is 7.89. The SMILES string of the molecule is CCOC(=O)CS(=O)(=O)N(CCO)CC1CCCN1. The molecule has 112 valence electrons. The summed E-state index contributed by atoms with van der Waals surface area (Å²) in [5.41, 5.74) is 0. The second kappa shape index (κ2) is 7.78. The zero-order valence-electron chi connectivity index (χ0n) is 11.2. The Morgan fingerprint density at radius 3 is 2.79 bits per heavy atom. The summed E-state index contributed by atoms with van der Waals surface area (Å²) in [4.78, 5) is 11.3. The van der Waals surface area contributed by atoms with Gasteiger partial charge in [0, 0.05) is 19.1 Å². The lowest BCUT2D eigenvalue weighted by Crippen LogP contribution is -2.44. The Balaban J connectivity index is 2.63. The van der Waals surface area contributed by atoms with Crippen LogP contribution in [0.25, 0.3) is 0 Å². The van der Waals surface area contributed by atoms with E-state index in [2.05, 4.69) is 10.1 Å². The zero-order valence-corrected chi connectivity index (χ0v) is 12.0. The van der Waals surface area contributed by atoms with Crippen molar-refractivity contribution in [3.63, 3.8) is 0 Å². The fraction of sp³-hybridized carbons (Fsp3) is 0.909. The highest BCUT2D eigenvalue weighted by Crippen LogP contribution is 2.10. The third kappa shape index (κ3) is 5.43. The lowest BCUT2D eigenvalue weighted by atomic mass is 10.2. The lowest BCUT2D eigenvalue weighted by molar-refractivity contribution is -0.140. The number of aliphatic hydroxyl groups excluding tert-OH is 1. The van der Waals surface area contributed by atoms with Crippen molar-refractivity contribution in [1.82, 2.24) is 9.62 Å². The van der Waals surface area contributed by atoms with Crippen LogP contribution in [0.5, 0.6) is 0 Å². The van der Waals surface area contributed by atoms with Crippen LogP contribution in [-0.4, -0.2) is 68.4 Å². The number of aliphatic hydroxyl groups is 1.